The first kappa shape index (κ1) is 8.09. The lowest BCUT2D eigenvalue weighted by Gasteiger charge is -1.94. The van der Waals surface area contributed by atoms with Gasteiger partial charge in [0, 0.05) is 5.75 Å². The second kappa shape index (κ2) is 3.99. The number of nitriles is 1. The molecule has 0 bridgehead atoms. The van der Waals surface area contributed by atoms with E-state index in [-0.39, 0.29) is 5.82 Å². The van der Waals surface area contributed by atoms with Gasteiger partial charge >= 0.3 is 0 Å². The molecule has 56 valence electrons. The summed E-state index contributed by atoms with van der Waals surface area (Å²) in [6.45, 7) is 0. The van der Waals surface area contributed by atoms with Crippen LogP contribution in [0.2, 0.25) is 0 Å². The Morgan fingerprint density at radius 1 is 1.55 bits per heavy atom. The van der Waals surface area contributed by atoms with Crippen LogP contribution < -0.4 is 0 Å². The minimum Gasteiger partial charge on any atom is -0.207 e. The first-order valence-electron chi connectivity index (χ1n) is 3.08. The van der Waals surface area contributed by atoms with Crippen LogP contribution in [0.1, 0.15) is 5.56 Å². The quantitative estimate of drug-likeness (QED) is 0.632. The van der Waals surface area contributed by atoms with Gasteiger partial charge in [0.1, 0.15) is 11.2 Å². The number of hydrogen-bond donors (Lipinski definition) is 0. The molecule has 1 aromatic carbocycles. The maximum atomic E-state index is 12.5. The highest BCUT2D eigenvalue weighted by atomic mass is 32.2. The Kier molecular flexibility index (Phi) is 2.94. The number of halogens is 1. The van der Waals surface area contributed by atoms with E-state index < -0.39 is 0 Å². The van der Waals surface area contributed by atoms with E-state index in [1.807, 2.05) is 5.40 Å². The van der Waals surface area contributed by atoms with Crippen molar-refractivity contribution in [2.75, 3.05) is 0 Å². The topological polar surface area (TPSA) is 23.8 Å². The average Bonchev–Trinajstić information content (AvgIpc) is 2.01. The van der Waals surface area contributed by atoms with Crippen LogP contribution in [-0.4, -0.2) is 0 Å². The number of thioether (sulfide) groups is 1. The summed E-state index contributed by atoms with van der Waals surface area (Å²) < 4.78 is 12.5. The van der Waals surface area contributed by atoms with Crippen molar-refractivity contribution in [2.45, 2.75) is 5.75 Å². The lowest BCUT2D eigenvalue weighted by atomic mass is 10.2. The molecule has 0 aromatic heterocycles. The van der Waals surface area contributed by atoms with Gasteiger partial charge < -0.3 is 0 Å². The molecule has 0 saturated carbocycles. The second-order valence-corrected chi connectivity index (χ2v) is 2.77. The number of thiocyanates is 1. The lowest BCUT2D eigenvalue weighted by Crippen LogP contribution is -1.80. The molecule has 0 N–H and O–H groups in total. The van der Waals surface area contributed by atoms with Crippen LogP contribution in [-0.2, 0) is 5.75 Å². The predicted octanol–water partition coefficient (Wildman–Crippen LogP) is 2.54. The maximum Gasteiger partial charge on any atom is 0.133 e. The summed E-state index contributed by atoms with van der Waals surface area (Å²) in [5.74, 6) is 0.301. The molecule has 1 aromatic rings. The van der Waals surface area contributed by atoms with Crippen LogP contribution in [0.5, 0.6) is 0 Å². The lowest BCUT2D eigenvalue weighted by molar-refractivity contribution is 0.626. The molecule has 0 spiro atoms. The SMILES string of the molecule is N#CSCc1cccc(F)c1. The number of benzene rings is 1. The molecule has 0 atom stereocenters. The third kappa shape index (κ3) is 2.60. The van der Waals surface area contributed by atoms with Gasteiger partial charge in [-0.1, -0.05) is 12.1 Å². The van der Waals surface area contributed by atoms with E-state index in [1.165, 1.54) is 12.1 Å². The standard InChI is InChI=1S/C8H6FNS/c9-8-3-1-2-7(4-8)5-11-6-10/h1-4H,5H2. The van der Waals surface area contributed by atoms with Gasteiger partial charge in [-0.2, -0.15) is 5.26 Å². The molecule has 0 aliphatic carbocycles. The van der Waals surface area contributed by atoms with Crippen LogP contribution in [0.25, 0.3) is 0 Å². The molecule has 11 heavy (non-hydrogen) atoms. The summed E-state index contributed by atoms with van der Waals surface area (Å²) in [4.78, 5) is 0. The van der Waals surface area contributed by atoms with Crippen LogP contribution in [0, 0.1) is 16.5 Å². The van der Waals surface area contributed by atoms with Crippen LogP contribution >= 0.6 is 11.8 Å². The molecule has 0 aliphatic heterocycles. The van der Waals surface area contributed by atoms with Gasteiger partial charge in [-0.3, -0.25) is 0 Å². The Hall–Kier alpha value is -1.01. The zero-order valence-corrected chi connectivity index (χ0v) is 6.57. The van der Waals surface area contributed by atoms with Crippen molar-refractivity contribution in [1.29, 1.82) is 5.26 Å². The van der Waals surface area contributed by atoms with Gasteiger partial charge in [-0.15, -0.1) is 0 Å². The van der Waals surface area contributed by atoms with E-state index in [4.69, 9.17) is 5.26 Å². The Labute approximate surface area is 68.8 Å². The fourth-order valence-electron chi connectivity index (χ4n) is 0.742. The zero-order valence-electron chi connectivity index (χ0n) is 5.75. The molecule has 1 rings (SSSR count). The van der Waals surface area contributed by atoms with Gasteiger partial charge in [-0.05, 0) is 29.5 Å². The van der Waals surface area contributed by atoms with E-state index in [0.717, 1.165) is 17.3 Å². The Morgan fingerprint density at radius 2 is 2.36 bits per heavy atom. The van der Waals surface area contributed by atoms with E-state index in [0.29, 0.717) is 5.75 Å². The highest BCUT2D eigenvalue weighted by Crippen LogP contribution is 2.11. The molecule has 0 saturated heterocycles. The molecule has 1 nitrogen and oxygen atoms in total. The Morgan fingerprint density at radius 3 is 3.00 bits per heavy atom. The minimum absolute atomic E-state index is 0.249. The van der Waals surface area contributed by atoms with Crippen molar-refractivity contribution in [1.82, 2.24) is 0 Å². The molecule has 0 unspecified atom stereocenters. The fourth-order valence-corrected chi connectivity index (χ4v) is 1.15. The zero-order chi connectivity index (χ0) is 8.10. The van der Waals surface area contributed by atoms with Gasteiger partial charge in [0.15, 0.2) is 0 Å². The third-order valence-electron chi connectivity index (χ3n) is 1.19. The molecule has 0 radical (unpaired) electrons. The third-order valence-corrected chi connectivity index (χ3v) is 1.80. The van der Waals surface area contributed by atoms with Crippen molar-refractivity contribution in [3.05, 3.63) is 35.6 Å². The Balaban J connectivity index is 2.65. The summed E-state index contributed by atoms with van der Waals surface area (Å²) in [6.07, 6.45) is 0. The summed E-state index contributed by atoms with van der Waals surface area (Å²) in [6, 6.07) is 6.26. The largest absolute Gasteiger partial charge is 0.207 e. The van der Waals surface area contributed by atoms with Crippen LogP contribution in [0.4, 0.5) is 4.39 Å². The summed E-state index contributed by atoms with van der Waals surface area (Å²) in [5, 5.41) is 10.1. The molecule has 0 amide bonds. The van der Waals surface area contributed by atoms with Gasteiger partial charge in [0.2, 0.25) is 0 Å². The average molecular weight is 167 g/mol. The monoisotopic (exact) mass is 167 g/mol. The molecular formula is C8H6FNS. The smallest absolute Gasteiger partial charge is 0.133 e. The second-order valence-electron chi connectivity index (χ2n) is 2.01. The van der Waals surface area contributed by atoms with E-state index in [1.54, 1.807) is 12.1 Å². The molecule has 0 fully saturated rings. The molecular weight excluding hydrogens is 161 g/mol. The highest BCUT2D eigenvalue weighted by molar-refractivity contribution is 8.02. The summed E-state index contributed by atoms with van der Waals surface area (Å²) in [5.41, 5.74) is 0.844. The molecule has 3 heteroatoms. The van der Waals surface area contributed by atoms with Crippen molar-refractivity contribution in [3.63, 3.8) is 0 Å². The number of nitrogens with zero attached hydrogens (tertiary/aromatic N) is 1. The summed E-state index contributed by atoms with van der Waals surface area (Å²) >= 11 is 1.11. The van der Waals surface area contributed by atoms with E-state index >= 15 is 0 Å². The van der Waals surface area contributed by atoms with Crippen LogP contribution in [0.15, 0.2) is 24.3 Å². The van der Waals surface area contributed by atoms with Gasteiger partial charge in [0.05, 0.1) is 0 Å². The van der Waals surface area contributed by atoms with Gasteiger partial charge in [-0.25, -0.2) is 4.39 Å². The first-order chi connectivity index (χ1) is 5.33. The first-order valence-corrected chi connectivity index (χ1v) is 4.07. The summed E-state index contributed by atoms with van der Waals surface area (Å²) in [7, 11) is 0. The predicted molar refractivity (Wildman–Crippen MR) is 43.3 cm³/mol. The molecule has 0 aliphatic rings. The highest BCUT2D eigenvalue weighted by Gasteiger charge is 1.93. The van der Waals surface area contributed by atoms with E-state index in [2.05, 4.69) is 0 Å². The molecule has 0 heterocycles. The fraction of sp³-hybridized carbons (Fsp3) is 0.125. The number of rotatable bonds is 2. The van der Waals surface area contributed by atoms with Crippen LogP contribution in [0.3, 0.4) is 0 Å². The Bertz CT molecular complexity index is 280. The minimum atomic E-state index is -0.249. The number of hydrogen-bond acceptors (Lipinski definition) is 2. The van der Waals surface area contributed by atoms with Crippen molar-refractivity contribution >= 4 is 11.8 Å². The van der Waals surface area contributed by atoms with Crippen molar-refractivity contribution in [3.8, 4) is 5.40 Å². The van der Waals surface area contributed by atoms with Crippen molar-refractivity contribution in [2.24, 2.45) is 0 Å². The van der Waals surface area contributed by atoms with Gasteiger partial charge in [0.25, 0.3) is 0 Å². The maximum absolute atomic E-state index is 12.5. The van der Waals surface area contributed by atoms with E-state index in [9.17, 15) is 4.39 Å². The van der Waals surface area contributed by atoms with Crippen molar-refractivity contribution < 1.29 is 4.39 Å². The normalized spacial score (nSPS) is 9.09.